The van der Waals surface area contributed by atoms with Crippen molar-refractivity contribution < 1.29 is 4.79 Å². The molecule has 2 rings (SSSR count). The third-order valence-corrected chi connectivity index (χ3v) is 2.93. The standard InChI is InChI=1S/C12H15N5O/c1-6-7(2)15-8(3)16-10(6)9-5-14-17(4)11(9)12(13)18/h5H,1-4H3,(H2,13,18). The maximum Gasteiger partial charge on any atom is 0.267 e. The van der Waals surface area contributed by atoms with Crippen LogP contribution in [-0.4, -0.2) is 25.7 Å². The van der Waals surface area contributed by atoms with Crippen LogP contribution in [-0.2, 0) is 7.05 Å². The first-order chi connectivity index (χ1) is 8.41. The van der Waals surface area contributed by atoms with Crippen LogP contribution in [0.4, 0.5) is 0 Å². The lowest BCUT2D eigenvalue weighted by atomic mass is 10.1. The normalized spacial score (nSPS) is 10.7. The van der Waals surface area contributed by atoms with Crippen molar-refractivity contribution in [1.29, 1.82) is 0 Å². The Hall–Kier alpha value is -2.24. The van der Waals surface area contributed by atoms with Gasteiger partial charge in [-0.1, -0.05) is 0 Å². The second-order valence-electron chi connectivity index (χ2n) is 4.22. The van der Waals surface area contributed by atoms with Crippen molar-refractivity contribution in [2.24, 2.45) is 12.8 Å². The molecule has 0 aliphatic carbocycles. The fraction of sp³-hybridized carbons (Fsp3) is 0.333. The third-order valence-electron chi connectivity index (χ3n) is 2.93. The van der Waals surface area contributed by atoms with Crippen molar-refractivity contribution >= 4 is 5.91 Å². The Morgan fingerprint density at radius 1 is 1.28 bits per heavy atom. The van der Waals surface area contributed by atoms with Gasteiger partial charge in [-0.25, -0.2) is 9.97 Å². The van der Waals surface area contributed by atoms with Gasteiger partial charge in [0.2, 0.25) is 0 Å². The number of aromatic nitrogens is 4. The predicted octanol–water partition coefficient (Wildman–Crippen LogP) is 0.901. The summed E-state index contributed by atoms with van der Waals surface area (Å²) in [5, 5.41) is 4.07. The van der Waals surface area contributed by atoms with Gasteiger partial charge in [0, 0.05) is 12.7 Å². The Labute approximate surface area is 105 Å². The molecule has 0 saturated carbocycles. The van der Waals surface area contributed by atoms with Gasteiger partial charge in [-0.2, -0.15) is 5.10 Å². The molecule has 0 unspecified atom stereocenters. The second-order valence-corrected chi connectivity index (χ2v) is 4.22. The van der Waals surface area contributed by atoms with Gasteiger partial charge in [-0.15, -0.1) is 0 Å². The molecule has 0 bridgehead atoms. The van der Waals surface area contributed by atoms with Gasteiger partial charge in [-0.3, -0.25) is 9.48 Å². The molecule has 2 heterocycles. The summed E-state index contributed by atoms with van der Waals surface area (Å²) in [5.74, 6) is 0.144. The van der Waals surface area contributed by atoms with Crippen molar-refractivity contribution in [3.8, 4) is 11.3 Å². The molecule has 0 atom stereocenters. The summed E-state index contributed by atoms with van der Waals surface area (Å²) >= 11 is 0. The average molecular weight is 245 g/mol. The molecule has 94 valence electrons. The van der Waals surface area contributed by atoms with Crippen molar-refractivity contribution in [2.45, 2.75) is 20.8 Å². The van der Waals surface area contributed by atoms with E-state index in [1.54, 1.807) is 13.2 Å². The number of carbonyl (C=O) groups is 1. The summed E-state index contributed by atoms with van der Waals surface area (Å²) in [4.78, 5) is 20.2. The maximum absolute atomic E-state index is 11.5. The van der Waals surface area contributed by atoms with Crippen molar-refractivity contribution in [3.05, 3.63) is 29.0 Å². The molecular formula is C12H15N5O. The smallest absolute Gasteiger partial charge is 0.267 e. The van der Waals surface area contributed by atoms with Crippen molar-refractivity contribution in [2.75, 3.05) is 0 Å². The van der Waals surface area contributed by atoms with E-state index in [2.05, 4.69) is 15.1 Å². The summed E-state index contributed by atoms with van der Waals surface area (Å²) in [6.45, 7) is 5.64. The molecule has 1 amide bonds. The molecule has 2 N–H and O–H groups in total. The zero-order valence-electron chi connectivity index (χ0n) is 10.9. The highest BCUT2D eigenvalue weighted by Crippen LogP contribution is 2.25. The second kappa shape index (κ2) is 4.21. The molecule has 0 aliphatic rings. The first kappa shape index (κ1) is 12.2. The highest BCUT2D eigenvalue weighted by atomic mass is 16.1. The first-order valence-electron chi connectivity index (χ1n) is 5.55. The maximum atomic E-state index is 11.5. The molecule has 0 aromatic carbocycles. The van der Waals surface area contributed by atoms with E-state index < -0.39 is 5.91 Å². The Morgan fingerprint density at radius 3 is 2.56 bits per heavy atom. The Bertz CT molecular complexity index is 630. The summed E-state index contributed by atoms with van der Waals surface area (Å²) in [7, 11) is 1.68. The summed E-state index contributed by atoms with van der Waals surface area (Å²) in [6.07, 6.45) is 1.61. The minimum atomic E-state index is -0.515. The Balaban J connectivity index is 2.74. The molecule has 2 aromatic heterocycles. The Morgan fingerprint density at radius 2 is 1.94 bits per heavy atom. The van der Waals surface area contributed by atoms with Gasteiger partial charge < -0.3 is 5.73 Å². The largest absolute Gasteiger partial charge is 0.364 e. The fourth-order valence-corrected chi connectivity index (χ4v) is 1.93. The summed E-state index contributed by atoms with van der Waals surface area (Å²) in [5.41, 5.74) is 8.91. The predicted molar refractivity (Wildman–Crippen MR) is 67.0 cm³/mol. The van der Waals surface area contributed by atoms with Gasteiger partial charge in [0.15, 0.2) is 0 Å². The van der Waals surface area contributed by atoms with E-state index >= 15 is 0 Å². The molecule has 6 heteroatoms. The minimum Gasteiger partial charge on any atom is -0.364 e. The molecule has 0 aliphatic heterocycles. The number of nitrogens with two attached hydrogens (primary N) is 1. The molecular weight excluding hydrogens is 230 g/mol. The minimum absolute atomic E-state index is 0.357. The van der Waals surface area contributed by atoms with E-state index in [0.717, 1.165) is 11.3 Å². The average Bonchev–Trinajstić information content (AvgIpc) is 2.65. The number of aryl methyl sites for hydroxylation is 3. The molecule has 6 nitrogen and oxygen atoms in total. The number of nitrogens with zero attached hydrogens (tertiary/aromatic N) is 4. The zero-order chi connectivity index (χ0) is 13.4. The van der Waals surface area contributed by atoms with E-state index in [4.69, 9.17) is 5.73 Å². The molecule has 0 radical (unpaired) electrons. The topological polar surface area (TPSA) is 86.7 Å². The SMILES string of the molecule is Cc1nc(C)c(C)c(-c2cnn(C)c2C(N)=O)n1. The van der Waals surface area contributed by atoms with Crippen LogP contribution in [0.15, 0.2) is 6.20 Å². The van der Waals surface area contributed by atoms with E-state index in [1.165, 1.54) is 4.68 Å². The van der Waals surface area contributed by atoms with Crippen LogP contribution in [0.1, 0.15) is 27.6 Å². The molecule has 0 saturated heterocycles. The van der Waals surface area contributed by atoms with Gasteiger partial charge in [0.25, 0.3) is 5.91 Å². The van der Waals surface area contributed by atoms with Crippen LogP contribution in [0.25, 0.3) is 11.3 Å². The van der Waals surface area contributed by atoms with E-state index in [9.17, 15) is 4.79 Å². The highest BCUT2D eigenvalue weighted by Gasteiger charge is 2.19. The Kier molecular flexibility index (Phi) is 2.86. The van der Waals surface area contributed by atoms with Crippen LogP contribution in [0.5, 0.6) is 0 Å². The molecule has 2 aromatic rings. The van der Waals surface area contributed by atoms with E-state index in [0.29, 0.717) is 22.8 Å². The lowest BCUT2D eigenvalue weighted by molar-refractivity contribution is 0.0992. The van der Waals surface area contributed by atoms with Gasteiger partial charge in [0.1, 0.15) is 11.5 Å². The van der Waals surface area contributed by atoms with Crippen LogP contribution in [0.3, 0.4) is 0 Å². The van der Waals surface area contributed by atoms with Gasteiger partial charge in [0.05, 0.1) is 17.5 Å². The quantitative estimate of drug-likeness (QED) is 0.851. The number of carbonyl (C=O) groups excluding carboxylic acids is 1. The van der Waals surface area contributed by atoms with Crippen molar-refractivity contribution in [1.82, 2.24) is 19.7 Å². The van der Waals surface area contributed by atoms with Crippen LogP contribution in [0.2, 0.25) is 0 Å². The zero-order valence-corrected chi connectivity index (χ0v) is 10.9. The summed E-state index contributed by atoms with van der Waals surface area (Å²) < 4.78 is 1.46. The van der Waals surface area contributed by atoms with Gasteiger partial charge >= 0.3 is 0 Å². The fourth-order valence-electron chi connectivity index (χ4n) is 1.93. The van der Waals surface area contributed by atoms with Crippen LogP contribution < -0.4 is 5.73 Å². The lowest BCUT2D eigenvalue weighted by Crippen LogP contribution is -2.17. The van der Waals surface area contributed by atoms with E-state index in [-0.39, 0.29) is 0 Å². The molecule has 18 heavy (non-hydrogen) atoms. The van der Waals surface area contributed by atoms with Crippen LogP contribution in [0, 0.1) is 20.8 Å². The number of primary amides is 1. The molecule has 0 spiro atoms. The lowest BCUT2D eigenvalue weighted by Gasteiger charge is -2.08. The van der Waals surface area contributed by atoms with E-state index in [1.807, 2.05) is 20.8 Å². The molecule has 0 fully saturated rings. The van der Waals surface area contributed by atoms with Crippen LogP contribution >= 0.6 is 0 Å². The van der Waals surface area contributed by atoms with Crippen molar-refractivity contribution in [3.63, 3.8) is 0 Å². The monoisotopic (exact) mass is 245 g/mol. The number of amides is 1. The number of hydrogen-bond donors (Lipinski definition) is 1. The highest BCUT2D eigenvalue weighted by molar-refractivity contribution is 5.97. The number of rotatable bonds is 2. The van der Waals surface area contributed by atoms with Gasteiger partial charge in [-0.05, 0) is 26.3 Å². The summed E-state index contributed by atoms with van der Waals surface area (Å²) in [6, 6.07) is 0. The first-order valence-corrected chi connectivity index (χ1v) is 5.55. The third kappa shape index (κ3) is 1.85. The number of hydrogen-bond acceptors (Lipinski definition) is 4.